The first-order chi connectivity index (χ1) is 14.3. The van der Waals surface area contributed by atoms with Gasteiger partial charge in [-0.25, -0.2) is 4.98 Å². The predicted molar refractivity (Wildman–Crippen MR) is 119 cm³/mol. The van der Waals surface area contributed by atoms with Crippen molar-refractivity contribution in [3.05, 3.63) is 95.6 Å². The molecule has 0 saturated heterocycles. The maximum absolute atomic E-state index is 4.91. The topological polar surface area (TPSA) is 43.6 Å². The van der Waals surface area contributed by atoms with E-state index in [1.807, 2.05) is 12.1 Å². The van der Waals surface area contributed by atoms with Crippen molar-refractivity contribution >= 4 is 33.8 Å². The van der Waals surface area contributed by atoms with Crippen molar-refractivity contribution in [1.82, 2.24) is 19.7 Å². The van der Waals surface area contributed by atoms with Crippen LogP contribution in [0.3, 0.4) is 0 Å². The Balaban J connectivity index is 1.59. The third-order valence-corrected chi connectivity index (χ3v) is 5.91. The van der Waals surface area contributed by atoms with E-state index in [1.165, 1.54) is 16.7 Å². The van der Waals surface area contributed by atoms with E-state index in [2.05, 4.69) is 88.4 Å². The van der Waals surface area contributed by atoms with Crippen molar-refractivity contribution in [1.29, 1.82) is 0 Å². The average Bonchev–Trinajstić information content (AvgIpc) is 3.06. The fourth-order valence-electron chi connectivity index (χ4n) is 3.56. The normalized spacial score (nSPS) is 11.3. The van der Waals surface area contributed by atoms with Crippen LogP contribution in [-0.2, 0) is 12.3 Å². The largest absolute Gasteiger partial charge is 0.319 e. The molecule has 0 aliphatic rings. The predicted octanol–water partition coefficient (Wildman–Crippen LogP) is 5.63. The van der Waals surface area contributed by atoms with Crippen molar-refractivity contribution in [2.75, 3.05) is 0 Å². The molecular formula is C24H20N4S. The Morgan fingerprint density at radius 1 is 0.828 bits per heavy atom. The molecule has 2 heterocycles. The lowest BCUT2D eigenvalue weighted by Crippen LogP contribution is -2.02. The number of benzene rings is 3. The van der Waals surface area contributed by atoms with Gasteiger partial charge in [-0.05, 0) is 30.2 Å². The molecule has 0 unspecified atom stereocenters. The van der Waals surface area contributed by atoms with E-state index in [9.17, 15) is 0 Å². The van der Waals surface area contributed by atoms with Gasteiger partial charge < -0.3 is 4.57 Å². The van der Waals surface area contributed by atoms with Crippen LogP contribution in [0.2, 0.25) is 0 Å². The molecule has 142 valence electrons. The van der Waals surface area contributed by atoms with Crippen molar-refractivity contribution in [3.63, 3.8) is 0 Å². The molecule has 0 saturated carbocycles. The average molecular weight is 397 g/mol. The summed E-state index contributed by atoms with van der Waals surface area (Å²) in [6, 6.07) is 27.3. The molecule has 0 fully saturated rings. The highest BCUT2D eigenvalue weighted by Crippen LogP contribution is 2.29. The van der Waals surface area contributed by atoms with Crippen LogP contribution in [-0.4, -0.2) is 19.7 Å². The number of nitrogens with zero attached hydrogens (tertiary/aromatic N) is 4. The molecule has 0 spiro atoms. The summed E-state index contributed by atoms with van der Waals surface area (Å²) in [7, 11) is 0. The first-order valence-electron chi connectivity index (χ1n) is 9.62. The zero-order valence-corrected chi connectivity index (χ0v) is 16.9. The van der Waals surface area contributed by atoms with Crippen LogP contribution in [0.4, 0.5) is 0 Å². The monoisotopic (exact) mass is 396 g/mol. The van der Waals surface area contributed by atoms with Crippen LogP contribution < -0.4 is 0 Å². The zero-order chi connectivity index (χ0) is 19.6. The Bertz CT molecular complexity index is 1280. The Hall–Kier alpha value is -3.18. The Kier molecular flexibility index (Phi) is 4.74. The van der Waals surface area contributed by atoms with Crippen LogP contribution in [0.25, 0.3) is 22.1 Å². The standard InChI is InChI=1S/C24H20N4S/c1-17-12-13-21-20(14-17)22-23(28(21)15-18-8-4-2-5-9-18)25-24(27-26-22)29-16-19-10-6-3-7-11-19/h2-14H,15-16H2,1H3. The van der Waals surface area contributed by atoms with Crippen molar-refractivity contribution in [2.24, 2.45) is 0 Å². The van der Waals surface area contributed by atoms with E-state index in [1.54, 1.807) is 11.8 Å². The van der Waals surface area contributed by atoms with Gasteiger partial charge in [-0.3, -0.25) is 0 Å². The van der Waals surface area contributed by atoms with Gasteiger partial charge in [-0.15, -0.1) is 10.2 Å². The number of aryl methyl sites for hydroxylation is 1. The highest BCUT2D eigenvalue weighted by molar-refractivity contribution is 7.98. The number of fused-ring (bicyclic) bond motifs is 3. The van der Waals surface area contributed by atoms with E-state index in [0.717, 1.165) is 34.4 Å². The summed E-state index contributed by atoms with van der Waals surface area (Å²) < 4.78 is 2.25. The van der Waals surface area contributed by atoms with Crippen LogP contribution in [0.5, 0.6) is 0 Å². The quantitative estimate of drug-likeness (QED) is 0.361. The first-order valence-corrected chi connectivity index (χ1v) is 10.6. The van der Waals surface area contributed by atoms with E-state index in [4.69, 9.17) is 4.98 Å². The minimum atomic E-state index is 0.704. The molecule has 0 N–H and O–H groups in total. The molecule has 4 nitrogen and oxygen atoms in total. The summed E-state index contributed by atoms with van der Waals surface area (Å²) in [5, 5.41) is 10.8. The van der Waals surface area contributed by atoms with Crippen LogP contribution in [0, 0.1) is 6.92 Å². The second-order valence-corrected chi connectivity index (χ2v) is 8.08. The van der Waals surface area contributed by atoms with Gasteiger partial charge >= 0.3 is 0 Å². The Labute approximate surface area is 173 Å². The van der Waals surface area contributed by atoms with Crippen LogP contribution in [0.1, 0.15) is 16.7 Å². The summed E-state index contributed by atoms with van der Waals surface area (Å²) in [6.07, 6.45) is 0. The lowest BCUT2D eigenvalue weighted by atomic mass is 10.1. The third kappa shape index (κ3) is 3.61. The highest BCUT2D eigenvalue weighted by atomic mass is 32.2. The van der Waals surface area contributed by atoms with Gasteiger partial charge in [-0.1, -0.05) is 84.1 Å². The van der Waals surface area contributed by atoms with Gasteiger partial charge in [-0.2, -0.15) is 0 Å². The molecule has 0 bridgehead atoms. The van der Waals surface area contributed by atoms with Crippen LogP contribution >= 0.6 is 11.8 Å². The summed E-state index contributed by atoms with van der Waals surface area (Å²) >= 11 is 1.62. The second-order valence-electron chi connectivity index (χ2n) is 7.13. The molecule has 0 atom stereocenters. The molecular weight excluding hydrogens is 376 g/mol. The third-order valence-electron chi connectivity index (χ3n) is 5.00. The fourth-order valence-corrected chi connectivity index (χ4v) is 4.30. The van der Waals surface area contributed by atoms with Gasteiger partial charge in [0.2, 0.25) is 5.16 Å². The zero-order valence-electron chi connectivity index (χ0n) is 16.1. The first kappa shape index (κ1) is 17.9. The van der Waals surface area contributed by atoms with Gasteiger partial charge in [0.1, 0.15) is 5.52 Å². The second kappa shape index (κ2) is 7.68. The van der Waals surface area contributed by atoms with E-state index in [-0.39, 0.29) is 0 Å². The van der Waals surface area contributed by atoms with Gasteiger partial charge in [0.25, 0.3) is 0 Å². The van der Waals surface area contributed by atoms with Crippen LogP contribution in [0.15, 0.2) is 84.0 Å². The summed E-state index contributed by atoms with van der Waals surface area (Å²) in [4.78, 5) is 4.91. The maximum Gasteiger partial charge on any atom is 0.211 e. The molecule has 0 aliphatic carbocycles. The smallest absolute Gasteiger partial charge is 0.211 e. The van der Waals surface area contributed by atoms with E-state index < -0.39 is 0 Å². The van der Waals surface area contributed by atoms with E-state index in [0.29, 0.717) is 5.16 Å². The molecule has 0 amide bonds. The minimum Gasteiger partial charge on any atom is -0.319 e. The van der Waals surface area contributed by atoms with Gasteiger partial charge in [0, 0.05) is 17.7 Å². The highest BCUT2D eigenvalue weighted by Gasteiger charge is 2.15. The fraction of sp³-hybridized carbons (Fsp3) is 0.125. The molecule has 5 rings (SSSR count). The lowest BCUT2D eigenvalue weighted by molar-refractivity contribution is 0.814. The molecule has 0 radical (unpaired) electrons. The molecule has 0 aliphatic heterocycles. The summed E-state index contributed by atoms with van der Waals surface area (Å²) in [5.74, 6) is 0.825. The summed E-state index contributed by atoms with van der Waals surface area (Å²) in [6.45, 7) is 2.86. The van der Waals surface area contributed by atoms with Crippen molar-refractivity contribution in [2.45, 2.75) is 24.4 Å². The lowest BCUT2D eigenvalue weighted by Gasteiger charge is -2.07. The molecule has 29 heavy (non-hydrogen) atoms. The molecule has 2 aromatic heterocycles. The molecule has 3 aromatic carbocycles. The Morgan fingerprint density at radius 2 is 1.55 bits per heavy atom. The number of aromatic nitrogens is 4. The maximum atomic E-state index is 4.91. The minimum absolute atomic E-state index is 0.704. The number of hydrogen-bond donors (Lipinski definition) is 0. The number of thioether (sulfide) groups is 1. The molecule has 5 heteroatoms. The number of rotatable bonds is 5. The van der Waals surface area contributed by atoms with E-state index >= 15 is 0 Å². The van der Waals surface area contributed by atoms with Gasteiger partial charge in [0.15, 0.2) is 5.65 Å². The SMILES string of the molecule is Cc1ccc2c(c1)c1nnc(SCc3ccccc3)nc1n2Cc1ccccc1. The van der Waals surface area contributed by atoms with Crippen molar-refractivity contribution in [3.8, 4) is 0 Å². The molecule has 5 aromatic rings. The number of hydrogen-bond acceptors (Lipinski definition) is 4. The summed E-state index contributed by atoms with van der Waals surface area (Å²) in [5.41, 5.74) is 6.59. The Morgan fingerprint density at radius 3 is 2.31 bits per heavy atom. The van der Waals surface area contributed by atoms with Gasteiger partial charge in [0.05, 0.1) is 5.52 Å². The van der Waals surface area contributed by atoms with Crippen molar-refractivity contribution < 1.29 is 0 Å².